The summed E-state index contributed by atoms with van der Waals surface area (Å²) in [6.07, 6.45) is 1.34. The van der Waals surface area contributed by atoms with Gasteiger partial charge in [0.05, 0.1) is 12.3 Å². The molecular formula is C23H27NO4. The van der Waals surface area contributed by atoms with Crippen LogP contribution in [0.2, 0.25) is 0 Å². The van der Waals surface area contributed by atoms with E-state index in [2.05, 4.69) is 4.98 Å². The molecule has 0 saturated carbocycles. The Bertz CT molecular complexity index is 843. The summed E-state index contributed by atoms with van der Waals surface area (Å²) in [5.41, 5.74) is 3.04. The van der Waals surface area contributed by atoms with Crippen molar-refractivity contribution in [1.29, 1.82) is 0 Å². The quantitative estimate of drug-likeness (QED) is 0.522. The molecule has 0 aliphatic rings. The number of nitrogens with zero attached hydrogens (tertiary/aromatic N) is 1. The van der Waals surface area contributed by atoms with E-state index in [0.717, 1.165) is 34.8 Å². The molecule has 1 atom stereocenters. The molecule has 0 aliphatic heterocycles. The number of rotatable bonds is 10. The fourth-order valence-electron chi connectivity index (χ4n) is 2.95. The lowest BCUT2D eigenvalue weighted by atomic mass is 10.1. The van der Waals surface area contributed by atoms with Crippen LogP contribution < -0.4 is 4.74 Å². The minimum Gasteiger partial charge on any atom is -0.493 e. The number of aliphatic hydroxyl groups is 1. The van der Waals surface area contributed by atoms with Crippen LogP contribution in [-0.2, 0) is 17.6 Å². The highest BCUT2D eigenvalue weighted by molar-refractivity contribution is 5.53. The molecule has 3 rings (SSSR count). The number of aryl methyl sites for hydroxylation is 2. The van der Waals surface area contributed by atoms with E-state index in [1.807, 2.05) is 68.4 Å². The number of hydrogen-bond donors (Lipinski definition) is 1. The summed E-state index contributed by atoms with van der Waals surface area (Å²) in [4.78, 5) is 4.60. The van der Waals surface area contributed by atoms with E-state index >= 15 is 0 Å². The van der Waals surface area contributed by atoms with E-state index in [1.165, 1.54) is 0 Å². The summed E-state index contributed by atoms with van der Waals surface area (Å²) in [7, 11) is 0. The molecule has 0 radical (unpaired) electrons. The summed E-state index contributed by atoms with van der Waals surface area (Å²) < 4.78 is 16.8. The van der Waals surface area contributed by atoms with Crippen LogP contribution in [0.15, 0.2) is 59.0 Å². The van der Waals surface area contributed by atoms with Gasteiger partial charge in [0, 0.05) is 25.0 Å². The second-order valence-corrected chi connectivity index (χ2v) is 6.58. The van der Waals surface area contributed by atoms with Gasteiger partial charge in [0.1, 0.15) is 11.5 Å². The minimum atomic E-state index is -0.701. The molecule has 3 aromatic rings. The third-order valence-corrected chi connectivity index (χ3v) is 4.48. The maximum atomic E-state index is 9.63. The lowest BCUT2D eigenvalue weighted by molar-refractivity contribution is -0.0980. The van der Waals surface area contributed by atoms with Crippen molar-refractivity contribution in [2.75, 3.05) is 13.2 Å². The van der Waals surface area contributed by atoms with Gasteiger partial charge in [0.25, 0.3) is 0 Å². The maximum Gasteiger partial charge on any atom is 0.226 e. The van der Waals surface area contributed by atoms with Gasteiger partial charge in [-0.1, -0.05) is 30.3 Å². The zero-order chi connectivity index (χ0) is 19.8. The van der Waals surface area contributed by atoms with Crippen LogP contribution in [0.25, 0.3) is 11.5 Å². The number of oxazole rings is 1. The minimum absolute atomic E-state index is 0.520. The maximum absolute atomic E-state index is 9.63. The van der Waals surface area contributed by atoms with Gasteiger partial charge in [-0.15, -0.1) is 0 Å². The molecule has 5 heteroatoms. The normalized spacial score (nSPS) is 12.1. The fraction of sp³-hybridized carbons (Fsp3) is 0.348. The SMILES string of the molecule is CCOC(O)CCc1ccc(OCCc2nc(-c3ccccc3)oc2C)cc1. The number of ether oxygens (including phenoxy) is 2. The predicted molar refractivity (Wildman–Crippen MR) is 108 cm³/mol. The molecule has 0 amide bonds. The van der Waals surface area contributed by atoms with Gasteiger partial charge in [0.15, 0.2) is 6.29 Å². The first kappa shape index (κ1) is 20.1. The Morgan fingerprint density at radius 2 is 1.79 bits per heavy atom. The lowest BCUT2D eigenvalue weighted by Crippen LogP contribution is -2.12. The standard InChI is InChI=1S/C23H27NO4/c1-3-26-22(25)14-11-18-9-12-20(13-10-18)27-16-15-21-17(2)28-23(24-21)19-7-5-4-6-8-19/h4-10,12-13,22,25H,3,11,14-16H2,1-2H3. The van der Waals surface area contributed by atoms with E-state index < -0.39 is 6.29 Å². The van der Waals surface area contributed by atoms with E-state index in [-0.39, 0.29) is 0 Å². The van der Waals surface area contributed by atoms with Crippen molar-refractivity contribution in [3.63, 3.8) is 0 Å². The molecule has 2 aromatic carbocycles. The van der Waals surface area contributed by atoms with Gasteiger partial charge in [-0.2, -0.15) is 0 Å². The Kier molecular flexibility index (Phi) is 7.23. The third-order valence-electron chi connectivity index (χ3n) is 4.48. The van der Waals surface area contributed by atoms with Gasteiger partial charge < -0.3 is 19.0 Å². The highest BCUT2D eigenvalue weighted by Crippen LogP contribution is 2.22. The van der Waals surface area contributed by atoms with Crippen LogP contribution in [0.4, 0.5) is 0 Å². The summed E-state index contributed by atoms with van der Waals surface area (Å²) in [6, 6.07) is 17.8. The van der Waals surface area contributed by atoms with E-state index in [4.69, 9.17) is 13.9 Å². The van der Waals surface area contributed by atoms with Crippen molar-refractivity contribution in [2.24, 2.45) is 0 Å². The van der Waals surface area contributed by atoms with Crippen molar-refractivity contribution in [1.82, 2.24) is 4.98 Å². The summed E-state index contributed by atoms with van der Waals surface area (Å²) >= 11 is 0. The highest BCUT2D eigenvalue weighted by Gasteiger charge is 2.11. The molecule has 5 nitrogen and oxygen atoms in total. The van der Waals surface area contributed by atoms with Gasteiger partial charge in [0.2, 0.25) is 5.89 Å². The second-order valence-electron chi connectivity index (χ2n) is 6.58. The Morgan fingerprint density at radius 1 is 1.04 bits per heavy atom. The third kappa shape index (κ3) is 5.68. The highest BCUT2D eigenvalue weighted by atomic mass is 16.6. The number of aromatic nitrogens is 1. The van der Waals surface area contributed by atoms with Crippen LogP contribution >= 0.6 is 0 Å². The second kappa shape index (κ2) is 10.1. The van der Waals surface area contributed by atoms with Crippen LogP contribution in [-0.4, -0.2) is 29.6 Å². The van der Waals surface area contributed by atoms with Crippen LogP contribution in [0.5, 0.6) is 5.75 Å². The number of aliphatic hydroxyl groups excluding tert-OH is 1. The zero-order valence-electron chi connectivity index (χ0n) is 16.4. The molecule has 0 spiro atoms. The first-order valence-corrected chi connectivity index (χ1v) is 9.69. The molecule has 0 bridgehead atoms. The van der Waals surface area contributed by atoms with Crippen LogP contribution in [0.3, 0.4) is 0 Å². The molecule has 1 N–H and O–H groups in total. The van der Waals surface area contributed by atoms with Crippen molar-refractivity contribution >= 4 is 0 Å². The molecule has 28 heavy (non-hydrogen) atoms. The van der Waals surface area contributed by atoms with Crippen molar-refractivity contribution in [2.45, 2.75) is 39.4 Å². The summed E-state index contributed by atoms with van der Waals surface area (Å²) in [5, 5.41) is 9.63. The van der Waals surface area contributed by atoms with E-state index in [1.54, 1.807) is 0 Å². The number of benzene rings is 2. The average molecular weight is 381 g/mol. The Balaban J connectivity index is 1.48. The Labute approximate surface area is 166 Å². The fourth-order valence-corrected chi connectivity index (χ4v) is 2.95. The first-order chi connectivity index (χ1) is 13.7. The van der Waals surface area contributed by atoms with Crippen molar-refractivity contribution < 1.29 is 19.0 Å². The first-order valence-electron chi connectivity index (χ1n) is 9.69. The molecule has 148 valence electrons. The van der Waals surface area contributed by atoms with E-state index in [9.17, 15) is 5.11 Å². The van der Waals surface area contributed by atoms with Crippen molar-refractivity contribution in [3.8, 4) is 17.2 Å². The van der Waals surface area contributed by atoms with Gasteiger partial charge in [-0.3, -0.25) is 0 Å². The largest absolute Gasteiger partial charge is 0.493 e. The zero-order valence-corrected chi connectivity index (χ0v) is 16.4. The van der Waals surface area contributed by atoms with Gasteiger partial charge >= 0.3 is 0 Å². The van der Waals surface area contributed by atoms with Gasteiger partial charge in [-0.05, 0) is 50.1 Å². The average Bonchev–Trinajstić information content (AvgIpc) is 3.09. The molecule has 1 aromatic heterocycles. The molecule has 0 aliphatic carbocycles. The van der Waals surface area contributed by atoms with E-state index in [0.29, 0.717) is 31.9 Å². The van der Waals surface area contributed by atoms with Crippen molar-refractivity contribution in [3.05, 3.63) is 71.6 Å². The Morgan fingerprint density at radius 3 is 2.50 bits per heavy atom. The molecule has 0 fully saturated rings. The van der Waals surface area contributed by atoms with Crippen LogP contribution in [0, 0.1) is 6.92 Å². The van der Waals surface area contributed by atoms with Crippen LogP contribution in [0.1, 0.15) is 30.4 Å². The summed E-state index contributed by atoms with van der Waals surface area (Å²) in [5.74, 6) is 2.29. The molecular weight excluding hydrogens is 354 g/mol. The summed E-state index contributed by atoms with van der Waals surface area (Å²) in [6.45, 7) is 4.86. The smallest absolute Gasteiger partial charge is 0.226 e. The topological polar surface area (TPSA) is 64.7 Å². The molecule has 0 saturated heterocycles. The predicted octanol–water partition coefficient (Wildman–Crippen LogP) is 4.56. The number of hydrogen-bond acceptors (Lipinski definition) is 5. The van der Waals surface area contributed by atoms with Gasteiger partial charge in [-0.25, -0.2) is 4.98 Å². The lowest BCUT2D eigenvalue weighted by Gasteiger charge is -2.10. The monoisotopic (exact) mass is 381 g/mol. The Hall–Kier alpha value is -2.63. The molecule has 1 heterocycles. The molecule has 1 unspecified atom stereocenters.